The SMILES string of the molecule is COc1cc(C=NNC(=O)c2ccc(Br)cc2)ccc1OC(=O)c1ccc(Cl)c(Cl)c1. The lowest BCUT2D eigenvalue weighted by Crippen LogP contribution is -2.17. The third-order valence-corrected chi connectivity index (χ3v) is 5.30. The third-order valence-electron chi connectivity index (χ3n) is 4.03. The van der Waals surface area contributed by atoms with Crippen molar-refractivity contribution in [2.75, 3.05) is 7.11 Å². The quantitative estimate of drug-likeness (QED) is 0.194. The number of nitrogens with zero attached hydrogens (tertiary/aromatic N) is 1. The number of benzene rings is 3. The first kappa shape index (κ1) is 22.8. The van der Waals surface area contributed by atoms with Gasteiger partial charge < -0.3 is 9.47 Å². The molecule has 0 spiro atoms. The summed E-state index contributed by atoms with van der Waals surface area (Å²) in [6.45, 7) is 0. The van der Waals surface area contributed by atoms with Crippen molar-refractivity contribution in [2.45, 2.75) is 0 Å². The number of carbonyl (C=O) groups excluding carboxylic acids is 2. The van der Waals surface area contributed by atoms with E-state index in [2.05, 4.69) is 26.5 Å². The van der Waals surface area contributed by atoms with E-state index in [1.807, 2.05) is 0 Å². The number of hydrazone groups is 1. The highest BCUT2D eigenvalue weighted by atomic mass is 79.9. The van der Waals surface area contributed by atoms with E-state index in [1.165, 1.54) is 31.5 Å². The van der Waals surface area contributed by atoms with E-state index in [0.29, 0.717) is 21.9 Å². The van der Waals surface area contributed by atoms with Gasteiger partial charge in [-0.1, -0.05) is 39.1 Å². The van der Waals surface area contributed by atoms with E-state index < -0.39 is 5.97 Å². The summed E-state index contributed by atoms with van der Waals surface area (Å²) in [5.74, 6) is -0.422. The van der Waals surface area contributed by atoms with Crippen molar-refractivity contribution in [3.8, 4) is 11.5 Å². The molecule has 31 heavy (non-hydrogen) atoms. The Morgan fingerprint density at radius 1 is 0.935 bits per heavy atom. The first-order chi connectivity index (χ1) is 14.9. The predicted octanol–water partition coefficient (Wildman–Crippen LogP) is 5.75. The number of esters is 1. The molecule has 1 N–H and O–H groups in total. The number of amides is 1. The fraction of sp³-hybridized carbons (Fsp3) is 0.0455. The van der Waals surface area contributed by atoms with Crippen molar-refractivity contribution in [1.82, 2.24) is 5.43 Å². The number of carbonyl (C=O) groups is 2. The molecule has 9 heteroatoms. The Morgan fingerprint density at radius 2 is 1.65 bits per heavy atom. The molecule has 0 saturated carbocycles. The van der Waals surface area contributed by atoms with Crippen LogP contribution in [-0.4, -0.2) is 25.2 Å². The van der Waals surface area contributed by atoms with Crippen LogP contribution in [0.25, 0.3) is 0 Å². The summed E-state index contributed by atoms with van der Waals surface area (Å²) in [6.07, 6.45) is 1.45. The molecular formula is C22H15BrCl2N2O4. The molecule has 0 aliphatic carbocycles. The molecule has 0 atom stereocenters. The first-order valence-electron chi connectivity index (χ1n) is 8.81. The lowest BCUT2D eigenvalue weighted by atomic mass is 10.2. The van der Waals surface area contributed by atoms with Crippen LogP contribution in [0.5, 0.6) is 11.5 Å². The minimum atomic E-state index is -0.611. The van der Waals surface area contributed by atoms with Gasteiger partial charge in [-0.25, -0.2) is 10.2 Å². The van der Waals surface area contributed by atoms with Gasteiger partial charge in [0.05, 0.1) is 28.9 Å². The average molecular weight is 522 g/mol. The molecule has 0 aromatic heterocycles. The van der Waals surface area contributed by atoms with Gasteiger partial charge in [-0.2, -0.15) is 5.10 Å². The molecule has 0 unspecified atom stereocenters. The highest BCUT2D eigenvalue weighted by Crippen LogP contribution is 2.29. The van der Waals surface area contributed by atoms with Gasteiger partial charge in [-0.15, -0.1) is 0 Å². The highest BCUT2D eigenvalue weighted by Gasteiger charge is 2.14. The zero-order valence-electron chi connectivity index (χ0n) is 16.1. The fourth-order valence-electron chi connectivity index (χ4n) is 2.46. The second-order valence-corrected chi connectivity index (χ2v) is 7.86. The zero-order valence-corrected chi connectivity index (χ0v) is 19.2. The summed E-state index contributed by atoms with van der Waals surface area (Å²) in [6, 6.07) is 16.2. The van der Waals surface area contributed by atoms with Gasteiger partial charge in [0.15, 0.2) is 11.5 Å². The molecule has 0 bridgehead atoms. The maximum absolute atomic E-state index is 12.4. The maximum atomic E-state index is 12.4. The van der Waals surface area contributed by atoms with Gasteiger partial charge in [0, 0.05) is 10.0 Å². The Hall–Kier alpha value is -2.87. The van der Waals surface area contributed by atoms with E-state index >= 15 is 0 Å². The Kier molecular flexibility index (Phi) is 7.68. The molecule has 0 aliphatic heterocycles. The van der Waals surface area contributed by atoms with E-state index in [9.17, 15) is 9.59 Å². The fourth-order valence-corrected chi connectivity index (χ4v) is 3.02. The van der Waals surface area contributed by atoms with Crippen molar-refractivity contribution in [2.24, 2.45) is 5.10 Å². The van der Waals surface area contributed by atoms with Crippen LogP contribution in [0, 0.1) is 0 Å². The van der Waals surface area contributed by atoms with Crippen molar-refractivity contribution < 1.29 is 19.1 Å². The second kappa shape index (κ2) is 10.4. The number of halogens is 3. The predicted molar refractivity (Wildman–Crippen MR) is 124 cm³/mol. The van der Waals surface area contributed by atoms with Gasteiger partial charge in [-0.05, 0) is 66.2 Å². The van der Waals surface area contributed by atoms with Gasteiger partial charge in [0.2, 0.25) is 0 Å². The van der Waals surface area contributed by atoms with Crippen LogP contribution in [0.15, 0.2) is 70.2 Å². The van der Waals surface area contributed by atoms with E-state index in [-0.39, 0.29) is 22.2 Å². The lowest BCUT2D eigenvalue weighted by Gasteiger charge is -2.10. The third kappa shape index (κ3) is 6.07. The molecule has 0 aliphatic rings. The summed E-state index contributed by atoms with van der Waals surface area (Å²) >= 11 is 15.1. The van der Waals surface area contributed by atoms with Crippen LogP contribution in [0.3, 0.4) is 0 Å². The zero-order chi connectivity index (χ0) is 22.4. The maximum Gasteiger partial charge on any atom is 0.343 e. The monoisotopic (exact) mass is 520 g/mol. The Morgan fingerprint density at radius 3 is 2.32 bits per heavy atom. The van der Waals surface area contributed by atoms with Gasteiger partial charge in [-0.3, -0.25) is 4.79 Å². The van der Waals surface area contributed by atoms with Crippen LogP contribution in [-0.2, 0) is 0 Å². The van der Waals surface area contributed by atoms with Gasteiger partial charge in [0.25, 0.3) is 5.91 Å². The van der Waals surface area contributed by atoms with E-state index in [0.717, 1.165) is 4.47 Å². The number of ether oxygens (including phenoxy) is 2. The molecule has 3 aromatic rings. The molecule has 0 saturated heterocycles. The minimum Gasteiger partial charge on any atom is -0.493 e. The molecule has 158 valence electrons. The van der Waals surface area contributed by atoms with Gasteiger partial charge >= 0.3 is 5.97 Å². The van der Waals surface area contributed by atoms with Crippen molar-refractivity contribution in [1.29, 1.82) is 0 Å². The minimum absolute atomic E-state index is 0.217. The number of rotatable bonds is 6. The normalized spacial score (nSPS) is 10.7. The van der Waals surface area contributed by atoms with Crippen LogP contribution in [0.2, 0.25) is 10.0 Å². The first-order valence-corrected chi connectivity index (χ1v) is 10.4. The Bertz CT molecular complexity index is 1150. The van der Waals surface area contributed by atoms with Gasteiger partial charge in [0.1, 0.15) is 0 Å². The largest absolute Gasteiger partial charge is 0.493 e. The molecule has 6 nitrogen and oxygen atoms in total. The molecule has 0 radical (unpaired) electrons. The Labute approximate surface area is 196 Å². The summed E-state index contributed by atoms with van der Waals surface area (Å²) in [4.78, 5) is 24.5. The molecular weight excluding hydrogens is 507 g/mol. The van der Waals surface area contributed by atoms with E-state index in [4.69, 9.17) is 32.7 Å². The highest BCUT2D eigenvalue weighted by molar-refractivity contribution is 9.10. The molecule has 0 heterocycles. The summed E-state index contributed by atoms with van der Waals surface area (Å²) in [5.41, 5.74) is 3.80. The molecule has 0 fully saturated rings. The smallest absolute Gasteiger partial charge is 0.343 e. The summed E-state index contributed by atoms with van der Waals surface area (Å²) < 4.78 is 11.6. The number of nitrogens with one attached hydrogen (secondary N) is 1. The van der Waals surface area contributed by atoms with E-state index in [1.54, 1.807) is 42.5 Å². The lowest BCUT2D eigenvalue weighted by molar-refractivity contribution is 0.0729. The standard InChI is InChI=1S/C22H15BrCl2N2O4/c1-30-20-10-13(12-26-27-21(28)14-3-6-16(23)7-4-14)2-9-19(20)31-22(29)15-5-8-17(24)18(25)11-15/h2-12H,1H3,(H,27,28). The van der Waals surface area contributed by atoms with Crippen LogP contribution in [0.1, 0.15) is 26.3 Å². The van der Waals surface area contributed by atoms with Crippen LogP contribution in [0.4, 0.5) is 0 Å². The molecule has 3 aromatic carbocycles. The number of hydrogen-bond acceptors (Lipinski definition) is 5. The van der Waals surface area contributed by atoms with Crippen molar-refractivity contribution >= 4 is 57.2 Å². The number of methoxy groups -OCH3 is 1. The van der Waals surface area contributed by atoms with Crippen molar-refractivity contribution in [3.05, 3.63) is 91.9 Å². The van der Waals surface area contributed by atoms with Crippen molar-refractivity contribution in [3.63, 3.8) is 0 Å². The topological polar surface area (TPSA) is 77.0 Å². The molecule has 3 rings (SSSR count). The average Bonchev–Trinajstić information content (AvgIpc) is 2.76. The number of hydrogen-bond donors (Lipinski definition) is 1. The van der Waals surface area contributed by atoms with Crippen LogP contribution < -0.4 is 14.9 Å². The Balaban J connectivity index is 1.68. The second-order valence-electron chi connectivity index (χ2n) is 6.13. The molecule has 1 amide bonds. The van der Waals surface area contributed by atoms with Crippen LogP contribution >= 0.6 is 39.1 Å². The summed E-state index contributed by atoms with van der Waals surface area (Å²) in [5, 5.41) is 4.53. The summed E-state index contributed by atoms with van der Waals surface area (Å²) in [7, 11) is 1.45.